The third-order valence-electron chi connectivity index (χ3n) is 5.97. The lowest BCUT2D eigenvalue weighted by atomic mass is 9.86. The van der Waals surface area contributed by atoms with Crippen molar-refractivity contribution in [1.29, 1.82) is 0 Å². The second-order valence-corrected chi connectivity index (χ2v) is 9.51. The Balaban J connectivity index is 0.00000341. The van der Waals surface area contributed by atoms with Gasteiger partial charge in [-0.2, -0.15) is 0 Å². The topological polar surface area (TPSA) is 41.9 Å². The lowest BCUT2D eigenvalue weighted by Gasteiger charge is -2.33. The van der Waals surface area contributed by atoms with E-state index in [2.05, 4.69) is 56.0 Å². The standard InChI is InChI=1S/C26H37NO3.ClH/c1-26(2,3)24-17-23(29-4)10-11-25(24)30-19-22(28)18-27-14-12-21(13-15-27)16-20-8-6-5-7-9-20;/h5-11,17,21-22,28H,12-16,18-19H2,1-4H3;1H. The molecule has 5 heteroatoms. The van der Waals surface area contributed by atoms with Crippen LogP contribution in [-0.4, -0.2) is 49.5 Å². The van der Waals surface area contributed by atoms with Gasteiger partial charge in [-0.25, -0.2) is 0 Å². The number of aliphatic hydroxyl groups excluding tert-OH is 1. The first-order valence-corrected chi connectivity index (χ1v) is 11.1. The lowest BCUT2D eigenvalue weighted by Crippen LogP contribution is -2.41. The van der Waals surface area contributed by atoms with Gasteiger partial charge in [0.1, 0.15) is 24.2 Å². The molecule has 31 heavy (non-hydrogen) atoms. The maximum atomic E-state index is 10.6. The molecule has 0 amide bonds. The number of nitrogens with zero attached hydrogens (tertiary/aromatic N) is 1. The summed E-state index contributed by atoms with van der Waals surface area (Å²) in [6, 6.07) is 16.6. The normalized spacial score (nSPS) is 16.4. The molecule has 3 rings (SSSR count). The zero-order chi connectivity index (χ0) is 21.6. The number of likely N-dealkylation sites (tertiary alicyclic amines) is 1. The minimum Gasteiger partial charge on any atom is -0.497 e. The second-order valence-electron chi connectivity index (χ2n) is 9.51. The van der Waals surface area contributed by atoms with Crippen LogP contribution >= 0.6 is 12.4 Å². The van der Waals surface area contributed by atoms with E-state index < -0.39 is 6.10 Å². The quantitative estimate of drug-likeness (QED) is 0.610. The fraction of sp³-hybridized carbons (Fsp3) is 0.538. The molecule has 172 valence electrons. The first-order valence-electron chi connectivity index (χ1n) is 11.1. The first-order chi connectivity index (χ1) is 14.3. The van der Waals surface area contributed by atoms with Gasteiger partial charge in [0.2, 0.25) is 0 Å². The van der Waals surface area contributed by atoms with Crippen LogP contribution in [0.5, 0.6) is 11.5 Å². The zero-order valence-corrected chi connectivity index (χ0v) is 20.2. The molecular formula is C26H38ClNO3. The van der Waals surface area contributed by atoms with Crippen LogP contribution in [0.3, 0.4) is 0 Å². The van der Waals surface area contributed by atoms with Crippen molar-refractivity contribution in [3.8, 4) is 11.5 Å². The fourth-order valence-corrected chi connectivity index (χ4v) is 4.21. The van der Waals surface area contributed by atoms with Gasteiger partial charge >= 0.3 is 0 Å². The smallest absolute Gasteiger partial charge is 0.123 e. The summed E-state index contributed by atoms with van der Waals surface area (Å²) in [5.74, 6) is 2.39. The van der Waals surface area contributed by atoms with Crippen molar-refractivity contribution in [2.45, 2.75) is 51.6 Å². The average molecular weight is 448 g/mol. The number of halogens is 1. The number of piperidine rings is 1. The maximum absolute atomic E-state index is 10.6. The number of β-amino-alcohol motifs (C(OH)–C–C–N with tert-alkyl or cyclic N) is 1. The van der Waals surface area contributed by atoms with Crippen LogP contribution in [0.2, 0.25) is 0 Å². The first kappa shape index (κ1) is 25.5. The fourth-order valence-electron chi connectivity index (χ4n) is 4.21. The van der Waals surface area contributed by atoms with E-state index in [1.54, 1.807) is 7.11 Å². The molecule has 1 heterocycles. The average Bonchev–Trinajstić information content (AvgIpc) is 2.73. The van der Waals surface area contributed by atoms with E-state index in [0.29, 0.717) is 13.2 Å². The van der Waals surface area contributed by atoms with Gasteiger partial charge in [-0.1, -0.05) is 51.1 Å². The Labute approximate surface area is 194 Å². The lowest BCUT2D eigenvalue weighted by molar-refractivity contribution is 0.0545. The van der Waals surface area contributed by atoms with E-state index in [1.165, 1.54) is 18.4 Å². The summed E-state index contributed by atoms with van der Waals surface area (Å²) in [5, 5.41) is 10.6. The van der Waals surface area contributed by atoms with Crippen molar-refractivity contribution in [2.75, 3.05) is 33.4 Å². The molecule has 0 saturated carbocycles. The Morgan fingerprint density at radius 2 is 1.74 bits per heavy atom. The van der Waals surface area contributed by atoms with Crippen LogP contribution in [0.1, 0.15) is 44.7 Å². The number of methoxy groups -OCH3 is 1. The molecule has 4 nitrogen and oxygen atoms in total. The van der Waals surface area contributed by atoms with Crippen molar-refractivity contribution >= 4 is 12.4 Å². The highest BCUT2D eigenvalue weighted by Crippen LogP contribution is 2.34. The Hall–Kier alpha value is -1.75. The third kappa shape index (κ3) is 7.71. The number of aliphatic hydroxyl groups is 1. The van der Waals surface area contributed by atoms with E-state index in [4.69, 9.17) is 9.47 Å². The van der Waals surface area contributed by atoms with Crippen molar-refractivity contribution in [3.63, 3.8) is 0 Å². The second kappa shape index (κ2) is 11.8. The minimum absolute atomic E-state index is 0. The molecule has 1 aliphatic heterocycles. The summed E-state index contributed by atoms with van der Waals surface area (Å²) in [7, 11) is 1.68. The highest BCUT2D eigenvalue weighted by atomic mass is 35.5. The van der Waals surface area contributed by atoms with Crippen LogP contribution in [-0.2, 0) is 11.8 Å². The number of ether oxygens (including phenoxy) is 2. The molecule has 2 aromatic carbocycles. The molecule has 0 aliphatic carbocycles. The van der Waals surface area contributed by atoms with E-state index >= 15 is 0 Å². The Morgan fingerprint density at radius 1 is 1.06 bits per heavy atom. The van der Waals surface area contributed by atoms with Crippen molar-refractivity contribution in [1.82, 2.24) is 4.90 Å². The third-order valence-corrected chi connectivity index (χ3v) is 5.97. The van der Waals surface area contributed by atoms with E-state index in [9.17, 15) is 5.11 Å². The number of benzene rings is 2. The van der Waals surface area contributed by atoms with Crippen molar-refractivity contribution in [3.05, 3.63) is 59.7 Å². The van der Waals surface area contributed by atoms with Crippen LogP contribution in [0.25, 0.3) is 0 Å². The maximum Gasteiger partial charge on any atom is 0.123 e. The van der Waals surface area contributed by atoms with Crippen LogP contribution in [0.15, 0.2) is 48.5 Å². The van der Waals surface area contributed by atoms with Crippen molar-refractivity contribution < 1.29 is 14.6 Å². The molecule has 0 aromatic heterocycles. The highest BCUT2D eigenvalue weighted by Gasteiger charge is 2.23. The molecule has 1 saturated heterocycles. The molecule has 2 aromatic rings. The van der Waals surface area contributed by atoms with Crippen LogP contribution < -0.4 is 9.47 Å². The number of hydrogen-bond acceptors (Lipinski definition) is 4. The van der Waals surface area contributed by atoms with Crippen LogP contribution in [0.4, 0.5) is 0 Å². The van der Waals surface area contributed by atoms with Gasteiger partial charge in [0.25, 0.3) is 0 Å². The predicted molar refractivity (Wildman–Crippen MR) is 130 cm³/mol. The van der Waals surface area contributed by atoms with E-state index in [-0.39, 0.29) is 17.8 Å². The van der Waals surface area contributed by atoms with Gasteiger partial charge in [0.05, 0.1) is 7.11 Å². The van der Waals surface area contributed by atoms with Crippen LogP contribution in [0, 0.1) is 5.92 Å². The SMILES string of the molecule is COc1ccc(OCC(O)CN2CCC(Cc3ccccc3)CC2)c(C(C)(C)C)c1.Cl. The minimum atomic E-state index is -0.495. The highest BCUT2D eigenvalue weighted by molar-refractivity contribution is 5.85. The Kier molecular flexibility index (Phi) is 9.67. The van der Waals surface area contributed by atoms with Gasteiger partial charge in [-0.3, -0.25) is 0 Å². The van der Waals surface area contributed by atoms with Gasteiger partial charge in [-0.05, 0) is 67.4 Å². The van der Waals surface area contributed by atoms with E-state index in [1.807, 2.05) is 18.2 Å². The number of hydrogen-bond donors (Lipinski definition) is 1. The summed E-state index contributed by atoms with van der Waals surface area (Å²) in [4.78, 5) is 2.37. The molecule has 1 N–H and O–H groups in total. The van der Waals surface area contributed by atoms with E-state index in [0.717, 1.165) is 42.5 Å². The molecule has 1 unspecified atom stereocenters. The summed E-state index contributed by atoms with van der Waals surface area (Å²) in [6.45, 7) is 9.53. The molecule has 1 fully saturated rings. The van der Waals surface area contributed by atoms with Gasteiger partial charge in [0.15, 0.2) is 0 Å². The summed E-state index contributed by atoms with van der Waals surface area (Å²) in [5.41, 5.74) is 2.46. The summed E-state index contributed by atoms with van der Waals surface area (Å²) >= 11 is 0. The largest absolute Gasteiger partial charge is 0.497 e. The molecule has 0 spiro atoms. The van der Waals surface area contributed by atoms with Gasteiger partial charge < -0.3 is 19.5 Å². The Morgan fingerprint density at radius 3 is 2.35 bits per heavy atom. The van der Waals surface area contributed by atoms with Crippen molar-refractivity contribution in [2.24, 2.45) is 5.92 Å². The molecular weight excluding hydrogens is 410 g/mol. The Bertz CT molecular complexity index is 783. The molecule has 0 bridgehead atoms. The summed E-state index contributed by atoms with van der Waals surface area (Å²) < 4.78 is 11.4. The molecule has 1 atom stereocenters. The monoisotopic (exact) mass is 447 g/mol. The summed E-state index contributed by atoms with van der Waals surface area (Å²) in [6.07, 6.45) is 3.04. The zero-order valence-electron chi connectivity index (χ0n) is 19.3. The molecule has 1 aliphatic rings. The number of rotatable bonds is 8. The van der Waals surface area contributed by atoms with Gasteiger partial charge in [0, 0.05) is 12.1 Å². The molecule has 0 radical (unpaired) electrons. The van der Waals surface area contributed by atoms with Gasteiger partial charge in [-0.15, -0.1) is 12.4 Å². The predicted octanol–water partition coefficient (Wildman–Crippen LogP) is 5.11.